The lowest BCUT2D eigenvalue weighted by atomic mass is 10.0. The van der Waals surface area contributed by atoms with Crippen molar-refractivity contribution in [2.24, 2.45) is 0 Å². The van der Waals surface area contributed by atoms with Crippen molar-refractivity contribution >= 4 is 23.2 Å². The van der Waals surface area contributed by atoms with E-state index in [2.05, 4.69) is 10.6 Å². The predicted molar refractivity (Wildman–Crippen MR) is 110 cm³/mol. The Labute approximate surface area is 170 Å². The first-order chi connectivity index (χ1) is 14.0. The van der Waals surface area contributed by atoms with E-state index in [1.807, 2.05) is 19.9 Å². The Morgan fingerprint density at radius 2 is 1.86 bits per heavy atom. The Morgan fingerprint density at radius 1 is 1.14 bits per heavy atom. The topological polar surface area (TPSA) is 85.9 Å². The second-order valence-electron chi connectivity index (χ2n) is 6.85. The Bertz CT molecular complexity index is 866. The van der Waals surface area contributed by atoms with Crippen molar-refractivity contribution in [3.8, 4) is 11.5 Å². The standard InChI is InChI=1S/C22H26N2O5/c1-4-14(2)29-16-10-8-15(9-11-16)23-21(25)22(26)24-18-7-5-6-17-19(27-3)12-13-28-20(17)18/h5-11,14,19H,4,12-13H2,1-3H3,(H,23,25)(H,24,26). The highest BCUT2D eigenvalue weighted by atomic mass is 16.5. The molecule has 2 atom stereocenters. The van der Waals surface area contributed by atoms with Gasteiger partial charge in [0.15, 0.2) is 0 Å². The molecule has 0 saturated carbocycles. The summed E-state index contributed by atoms with van der Waals surface area (Å²) < 4.78 is 16.9. The Morgan fingerprint density at radius 3 is 2.55 bits per heavy atom. The van der Waals surface area contributed by atoms with E-state index in [9.17, 15) is 9.59 Å². The molecule has 3 rings (SSSR count). The van der Waals surface area contributed by atoms with Gasteiger partial charge in [0, 0.05) is 24.8 Å². The van der Waals surface area contributed by atoms with E-state index in [4.69, 9.17) is 14.2 Å². The zero-order chi connectivity index (χ0) is 20.8. The van der Waals surface area contributed by atoms with E-state index < -0.39 is 11.8 Å². The lowest BCUT2D eigenvalue weighted by Crippen LogP contribution is -2.29. The second-order valence-corrected chi connectivity index (χ2v) is 6.85. The van der Waals surface area contributed by atoms with Crippen LogP contribution in [0.3, 0.4) is 0 Å². The fourth-order valence-electron chi connectivity index (χ4n) is 3.04. The van der Waals surface area contributed by atoms with Crippen LogP contribution in [0.25, 0.3) is 0 Å². The Balaban J connectivity index is 1.64. The molecule has 29 heavy (non-hydrogen) atoms. The van der Waals surface area contributed by atoms with Crippen LogP contribution >= 0.6 is 0 Å². The van der Waals surface area contributed by atoms with Gasteiger partial charge >= 0.3 is 11.8 Å². The average molecular weight is 398 g/mol. The Hall–Kier alpha value is -3.06. The molecule has 1 aliphatic rings. The lowest BCUT2D eigenvalue weighted by Gasteiger charge is -2.26. The molecule has 0 spiro atoms. The van der Waals surface area contributed by atoms with Gasteiger partial charge < -0.3 is 24.8 Å². The summed E-state index contributed by atoms with van der Waals surface area (Å²) in [6.45, 7) is 4.51. The van der Waals surface area contributed by atoms with Crippen LogP contribution in [0.2, 0.25) is 0 Å². The van der Waals surface area contributed by atoms with Gasteiger partial charge in [-0.1, -0.05) is 19.1 Å². The van der Waals surface area contributed by atoms with Crippen LogP contribution in [-0.2, 0) is 14.3 Å². The fraction of sp³-hybridized carbons (Fsp3) is 0.364. The molecule has 2 aromatic rings. The molecule has 2 aromatic carbocycles. The van der Waals surface area contributed by atoms with Crippen LogP contribution < -0.4 is 20.1 Å². The summed E-state index contributed by atoms with van der Waals surface area (Å²) in [5.74, 6) is -0.292. The van der Waals surface area contributed by atoms with Crippen molar-refractivity contribution in [1.82, 2.24) is 0 Å². The van der Waals surface area contributed by atoms with Gasteiger partial charge in [0.1, 0.15) is 11.5 Å². The minimum Gasteiger partial charge on any atom is -0.491 e. The first-order valence-corrected chi connectivity index (χ1v) is 9.69. The zero-order valence-electron chi connectivity index (χ0n) is 16.9. The highest BCUT2D eigenvalue weighted by molar-refractivity contribution is 6.43. The van der Waals surface area contributed by atoms with E-state index >= 15 is 0 Å². The minimum absolute atomic E-state index is 0.0967. The molecule has 0 fully saturated rings. The van der Waals surface area contributed by atoms with Gasteiger partial charge in [0.05, 0.1) is 24.5 Å². The monoisotopic (exact) mass is 398 g/mol. The SMILES string of the molecule is CCC(C)Oc1ccc(NC(=O)C(=O)Nc2cccc3c2OCCC3OC)cc1. The minimum atomic E-state index is -0.776. The maximum atomic E-state index is 12.4. The van der Waals surface area contributed by atoms with Crippen LogP contribution in [0.5, 0.6) is 11.5 Å². The van der Waals surface area contributed by atoms with Crippen molar-refractivity contribution < 1.29 is 23.8 Å². The van der Waals surface area contributed by atoms with E-state index in [1.165, 1.54) is 0 Å². The molecule has 2 amide bonds. The molecule has 0 saturated heterocycles. The normalized spacial score (nSPS) is 16.2. The van der Waals surface area contributed by atoms with Crippen molar-refractivity contribution in [1.29, 1.82) is 0 Å². The average Bonchev–Trinajstić information content (AvgIpc) is 2.74. The third-order valence-electron chi connectivity index (χ3n) is 4.78. The molecule has 0 radical (unpaired) electrons. The molecule has 1 heterocycles. The highest BCUT2D eigenvalue weighted by Crippen LogP contribution is 2.39. The maximum absolute atomic E-state index is 12.4. The number of hydrogen-bond donors (Lipinski definition) is 2. The van der Waals surface area contributed by atoms with Gasteiger partial charge in [-0.3, -0.25) is 9.59 Å². The van der Waals surface area contributed by atoms with Crippen LogP contribution in [0.15, 0.2) is 42.5 Å². The van der Waals surface area contributed by atoms with E-state index in [-0.39, 0.29) is 12.2 Å². The zero-order valence-corrected chi connectivity index (χ0v) is 16.9. The van der Waals surface area contributed by atoms with Gasteiger partial charge in [-0.2, -0.15) is 0 Å². The van der Waals surface area contributed by atoms with Gasteiger partial charge in [-0.15, -0.1) is 0 Å². The predicted octanol–water partition coefficient (Wildman–Crippen LogP) is 3.91. The van der Waals surface area contributed by atoms with Crippen LogP contribution in [-0.4, -0.2) is 31.6 Å². The van der Waals surface area contributed by atoms with Crippen LogP contribution in [0, 0.1) is 0 Å². The highest BCUT2D eigenvalue weighted by Gasteiger charge is 2.25. The molecule has 2 unspecified atom stereocenters. The molecule has 7 nitrogen and oxygen atoms in total. The van der Waals surface area contributed by atoms with E-state index in [1.54, 1.807) is 43.5 Å². The number of methoxy groups -OCH3 is 1. The first-order valence-electron chi connectivity index (χ1n) is 9.69. The summed E-state index contributed by atoms with van der Waals surface area (Å²) in [4.78, 5) is 24.7. The molecular formula is C22H26N2O5. The fourth-order valence-corrected chi connectivity index (χ4v) is 3.04. The number of fused-ring (bicyclic) bond motifs is 1. The van der Waals surface area contributed by atoms with Crippen LogP contribution in [0.4, 0.5) is 11.4 Å². The molecule has 0 bridgehead atoms. The number of ether oxygens (including phenoxy) is 3. The smallest absolute Gasteiger partial charge is 0.314 e. The molecule has 1 aliphatic heterocycles. The third-order valence-corrected chi connectivity index (χ3v) is 4.78. The summed E-state index contributed by atoms with van der Waals surface area (Å²) >= 11 is 0. The summed E-state index contributed by atoms with van der Waals surface area (Å²) in [6.07, 6.45) is 1.65. The number of rotatable bonds is 6. The molecule has 154 valence electrons. The largest absolute Gasteiger partial charge is 0.491 e. The summed E-state index contributed by atoms with van der Waals surface area (Å²) in [6, 6.07) is 12.3. The van der Waals surface area contributed by atoms with E-state index in [0.29, 0.717) is 29.5 Å². The second kappa shape index (κ2) is 9.43. The lowest BCUT2D eigenvalue weighted by molar-refractivity contribution is -0.133. The quantitative estimate of drug-likeness (QED) is 0.721. The number of carbonyl (C=O) groups is 2. The number of anilines is 2. The number of hydrogen-bond acceptors (Lipinski definition) is 5. The van der Waals surface area contributed by atoms with Crippen molar-refractivity contribution in [3.63, 3.8) is 0 Å². The van der Waals surface area contributed by atoms with Crippen molar-refractivity contribution in [2.75, 3.05) is 24.4 Å². The number of para-hydroxylation sites is 1. The van der Waals surface area contributed by atoms with Crippen LogP contribution in [0.1, 0.15) is 38.4 Å². The molecule has 2 N–H and O–H groups in total. The molecule has 0 aromatic heterocycles. The molecule has 0 aliphatic carbocycles. The maximum Gasteiger partial charge on any atom is 0.314 e. The number of benzene rings is 2. The van der Waals surface area contributed by atoms with Gasteiger partial charge in [-0.05, 0) is 43.7 Å². The first kappa shape index (κ1) is 20.7. The van der Waals surface area contributed by atoms with Crippen molar-refractivity contribution in [3.05, 3.63) is 48.0 Å². The third kappa shape index (κ3) is 5.06. The molecular weight excluding hydrogens is 372 g/mol. The van der Waals surface area contributed by atoms with E-state index in [0.717, 1.165) is 18.4 Å². The summed E-state index contributed by atoms with van der Waals surface area (Å²) in [5.41, 5.74) is 1.81. The van der Waals surface area contributed by atoms with Gasteiger partial charge in [0.25, 0.3) is 0 Å². The number of carbonyl (C=O) groups excluding carboxylic acids is 2. The number of nitrogens with one attached hydrogen (secondary N) is 2. The summed E-state index contributed by atoms with van der Waals surface area (Å²) in [5, 5.41) is 5.21. The van der Waals surface area contributed by atoms with Gasteiger partial charge in [-0.25, -0.2) is 0 Å². The van der Waals surface area contributed by atoms with Crippen molar-refractivity contribution in [2.45, 2.75) is 38.9 Å². The number of amides is 2. The summed E-state index contributed by atoms with van der Waals surface area (Å²) in [7, 11) is 1.64. The Kier molecular flexibility index (Phi) is 6.72. The molecule has 7 heteroatoms. The van der Waals surface area contributed by atoms with Gasteiger partial charge in [0.2, 0.25) is 0 Å².